The van der Waals surface area contributed by atoms with Crippen LogP contribution in [0.25, 0.3) is 0 Å². The molecule has 2 aromatic rings. The molecule has 0 radical (unpaired) electrons. The lowest BCUT2D eigenvalue weighted by molar-refractivity contribution is 0.140. The summed E-state index contributed by atoms with van der Waals surface area (Å²) in [6.07, 6.45) is 1.37. The number of hydrogen-bond donors (Lipinski definition) is 0. The molecule has 4 heteroatoms. The molecule has 0 spiro atoms. The average Bonchev–Trinajstić information content (AvgIpc) is 2.46. The Labute approximate surface area is 111 Å². The van der Waals surface area contributed by atoms with E-state index in [0.29, 0.717) is 12.0 Å². The number of aryl methyl sites for hydroxylation is 1. The molecule has 4 nitrogen and oxygen atoms in total. The lowest BCUT2D eigenvalue weighted by Gasteiger charge is -2.07. The minimum absolute atomic E-state index is 0.155. The standard InChI is InChI=1S/C15H15NO3/c1-2-13-9-6-10-16(14(13)17)15(18)19-11-12-7-4-3-5-8-12/h3-10H,2,11H2,1H3. The van der Waals surface area contributed by atoms with Gasteiger partial charge in [0.2, 0.25) is 0 Å². The van der Waals surface area contributed by atoms with Crippen molar-refractivity contribution < 1.29 is 9.53 Å². The normalized spacial score (nSPS) is 10.2. The molecule has 0 bridgehead atoms. The van der Waals surface area contributed by atoms with Crippen LogP contribution in [0.5, 0.6) is 0 Å². The maximum Gasteiger partial charge on any atom is 0.421 e. The van der Waals surface area contributed by atoms with Crippen molar-refractivity contribution in [2.24, 2.45) is 0 Å². The number of nitrogens with zero attached hydrogens (tertiary/aromatic N) is 1. The average molecular weight is 257 g/mol. The molecule has 0 amide bonds. The van der Waals surface area contributed by atoms with Gasteiger partial charge in [-0.25, -0.2) is 9.36 Å². The molecular weight excluding hydrogens is 242 g/mol. The molecule has 0 fully saturated rings. The van der Waals surface area contributed by atoms with Gasteiger partial charge in [-0.05, 0) is 18.1 Å². The quantitative estimate of drug-likeness (QED) is 0.849. The molecule has 0 saturated heterocycles. The van der Waals surface area contributed by atoms with E-state index in [0.717, 1.165) is 10.1 Å². The smallest absolute Gasteiger partial charge is 0.421 e. The molecule has 1 aromatic heterocycles. The number of pyridine rings is 1. The second kappa shape index (κ2) is 6.00. The van der Waals surface area contributed by atoms with E-state index in [-0.39, 0.29) is 12.2 Å². The zero-order valence-corrected chi connectivity index (χ0v) is 10.7. The Hall–Kier alpha value is -2.36. The first-order valence-electron chi connectivity index (χ1n) is 6.14. The number of ether oxygens (including phenoxy) is 1. The van der Waals surface area contributed by atoms with Gasteiger partial charge < -0.3 is 4.74 Å². The molecular formula is C15H15NO3. The highest BCUT2D eigenvalue weighted by molar-refractivity contribution is 5.70. The number of carbonyl (C=O) groups excluding carboxylic acids is 1. The molecule has 2 rings (SSSR count). The highest BCUT2D eigenvalue weighted by Crippen LogP contribution is 2.02. The molecule has 0 aliphatic heterocycles. The van der Waals surface area contributed by atoms with E-state index in [2.05, 4.69) is 0 Å². The Morgan fingerprint density at radius 3 is 2.58 bits per heavy atom. The molecule has 0 saturated carbocycles. The summed E-state index contributed by atoms with van der Waals surface area (Å²) in [5.41, 5.74) is 1.16. The third-order valence-electron chi connectivity index (χ3n) is 2.81. The van der Waals surface area contributed by atoms with Crippen molar-refractivity contribution in [1.29, 1.82) is 0 Å². The molecule has 1 aromatic carbocycles. The summed E-state index contributed by atoms with van der Waals surface area (Å²) in [4.78, 5) is 23.8. The number of carbonyl (C=O) groups is 1. The summed E-state index contributed by atoms with van der Waals surface area (Å²) < 4.78 is 6.12. The van der Waals surface area contributed by atoms with Gasteiger partial charge in [0.15, 0.2) is 0 Å². The Morgan fingerprint density at radius 1 is 1.16 bits per heavy atom. The van der Waals surface area contributed by atoms with E-state index < -0.39 is 6.09 Å². The lowest BCUT2D eigenvalue weighted by atomic mass is 10.2. The van der Waals surface area contributed by atoms with Gasteiger partial charge in [-0.15, -0.1) is 0 Å². The molecule has 19 heavy (non-hydrogen) atoms. The predicted molar refractivity (Wildman–Crippen MR) is 72.1 cm³/mol. The number of benzene rings is 1. The van der Waals surface area contributed by atoms with Crippen LogP contribution in [0.15, 0.2) is 53.5 Å². The summed E-state index contributed by atoms with van der Waals surface area (Å²) in [7, 11) is 0. The van der Waals surface area contributed by atoms with Crippen LogP contribution in [0.4, 0.5) is 4.79 Å². The number of rotatable bonds is 3. The van der Waals surface area contributed by atoms with Crippen LogP contribution in [0.3, 0.4) is 0 Å². The molecule has 98 valence electrons. The zero-order chi connectivity index (χ0) is 13.7. The molecule has 0 unspecified atom stereocenters. The van der Waals surface area contributed by atoms with Gasteiger partial charge in [0.05, 0.1) is 0 Å². The minimum Gasteiger partial charge on any atom is -0.444 e. The Kier molecular flexibility index (Phi) is 4.13. The van der Waals surface area contributed by atoms with Gasteiger partial charge in [0, 0.05) is 11.8 Å². The first-order valence-corrected chi connectivity index (χ1v) is 6.14. The molecule has 0 N–H and O–H groups in total. The van der Waals surface area contributed by atoms with E-state index in [9.17, 15) is 9.59 Å². The van der Waals surface area contributed by atoms with Gasteiger partial charge in [-0.1, -0.05) is 43.3 Å². The van der Waals surface area contributed by atoms with E-state index in [4.69, 9.17) is 4.74 Å². The Bertz CT molecular complexity index is 617. The summed E-state index contributed by atoms with van der Waals surface area (Å²) in [6, 6.07) is 12.7. The third-order valence-corrected chi connectivity index (χ3v) is 2.81. The monoisotopic (exact) mass is 257 g/mol. The Balaban J connectivity index is 2.11. The van der Waals surface area contributed by atoms with Gasteiger partial charge >= 0.3 is 6.09 Å². The van der Waals surface area contributed by atoms with E-state index in [1.54, 1.807) is 12.1 Å². The second-order valence-corrected chi connectivity index (χ2v) is 4.10. The Morgan fingerprint density at radius 2 is 1.89 bits per heavy atom. The van der Waals surface area contributed by atoms with Gasteiger partial charge in [-0.2, -0.15) is 0 Å². The summed E-state index contributed by atoms with van der Waals surface area (Å²) in [5.74, 6) is 0. The summed E-state index contributed by atoms with van der Waals surface area (Å²) >= 11 is 0. The van der Waals surface area contributed by atoms with Crippen LogP contribution in [0.1, 0.15) is 18.1 Å². The molecule has 0 atom stereocenters. The zero-order valence-electron chi connectivity index (χ0n) is 10.7. The molecule has 0 aliphatic rings. The van der Waals surface area contributed by atoms with Crippen LogP contribution in [0.2, 0.25) is 0 Å². The maximum absolute atomic E-state index is 11.9. The first kappa shape index (κ1) is 13.1. The van der Waals surface area contributed by atoms with Crippen LogP contribution < -0.4 is 5.56 Å². The third kappa shape index (κ3) is 3.10. The van der Waals surface area contributed by atoms with E-state index in [1.807, 2.05) is 37.3 Å². The number of hydrogen-bond acceptors (Lipinski definition) is 3. The van der Waals surface area contributed by atoms with Gasteiger partial charge in [-0.3, -0.25) is 4.79 Å². The van der Waals surface area contributed by atoms with Crippen LogP contribution in [0, 0.1) is 0 Å². The fourth-order valence-corrected chi connectivity index (χ4v) is 1.74. The first-order chi connectivity index (χ1) is 9.22. The van der Waals surface area contributed by atoms with Gasteiger partial charge in [0.25, 0.3) is 5.56 Å². The lowest BCUT2D eigenvalue weighted by Crippen LogP contribution is -2.29. The number of aromatic nitrogens is 1. The van der Waals surface area contributed by atoms with Crippen LogP contribution >= 0.6 is 0 Å². The SMILES string of the molecule is CCc1cccn(C(=O)OCc2ccccc2)c1=O. The van der Waals surface area contributed by atoms with Crippen molar-refractivity contribution >= 4 is 6.09 Å². The highest BCUT2D eigenvalue weighted by Gasteiger charge is 2.10. The molecule has 1 heterocycles. The van der Waals surface area contributed by atoms with Gasteiger partial charge in [0.1, 0.15) is 6.61 Å². The van der Waals surface area contributed by atoms with Crippen molar-refractivity contribution in [2.45, 2.75) is 20.0 Å². The predicted octanol–water partition coefficient (Wildman–Crippen LogP) is 2.60. The summed E-state index contributed by atoms with van der Waals surface area (Å²) in [6.45, 7) is 2.03. The largest absolute Gasteiger partial charge is 0.444 e. The van der Waals surface area contributed by atoms with E-state index in [1.165, 1.54) is 6.20 Å². The van der Waals surface area contributed by atoms with Crippen LogP contribution in [-0.4, -0.2) is 10.7 Å². The van der Waals surface area contributed by atoms with Crippen molar-refractivity contribution in [1.82, 2.24) is 4.57 Å². The molecule has 0 aliphatic carbocycles. The minimum atomic E-state index is -0.649. The van der Waals surface area contributed by atoms with Crippen molar-refractivity contribution in [2.75, 3.05) is 0 Å². The fourth-order valence-electron chi connectivity index (χ4n) is 1.74. The fraction of sp³-hybridized carbons (Fsp3) is 0.200. The second-order valence-electron chi connectivity index (χ2n) is 4.10. The van der Waals surface area contributed by atoms with E-state index >= 15 is 0 Å². The van der Waals surface area contributed by atoms with Crippen molar-refractivity contribution in [3.63, 3.8) is 0 Å². The van der Waals surface area contributed by atoms with Crippen molar-refractivity contribution in [3.8, 4) is 0 Å². The van der Waals surface area contributed by atoms with Crippen molar-refractivity contribution in [3.05, 3.63) is 70.1 Å². The maximum atomic E-state index is 11.9. The van der Waals surface area contributed by atoms with Crippen LogP contribution in [-0.2, 0) is 17.8 Å². The highest BCUT2D eigenvalue weighted by atomic mass is 16.5. The summed E-state index contributed by atoms with van der Waals surface area (Å²) in [5, 5.41) is 0. The topological polar surface area (TPSA) is 48.3 Å².